The Morgan fingerprint density at radius 3 is 1.00 bits per heavy atom. The summed E-state index contributed by atoms with van der Waals surface area (Å²) in [4.78, 5) is 0. The van der Waals surface area contributed by atoms with Gasteiger partial charge in [-0.05, 0) is 49.7 Å². The van der Waals surface area contributed by atoms with Crippen LogP contribution in [0.5, 0.6) is 0 Å². The Kier molecular flexibility index (Phi) is 21.1. The summed E-state index contributed by atoms with van der Waals surface area (Å²) in [5.74, 6) is 0. The maximum atomic E-state index is 2.37. The highest BCUT2D eigenvalue weighted by Crippen LogP contribution is 2.12. The lowest BCUT2D eigenvalue weighted by Crippen LogP contribution is -2.32. The van der Waals surface area contributed by atoms with Gasteiger partial charge in [-0.25, -0.2) is 9.13 Å². The molecule has 0 radical (unpaired) electrons. The van der Waals surface area contributed by atoms with E-state index < -0.39 is 0 Å². The molecule has 37 heavy (non-hydrogen) atoms. The van der Waals surface area contributed by atoms with Gasteiger partial charge in [0.05, 0.1) is 0 Å². The van der Waals surface area contributed by atoms with Crippen molar-refractivity contribution >= 4 is 0 Å². The molecule has 0 spiro atoms. The van der Waals surface area contributed by atoms with Crippen molar-refractivity contribution in [2.45, 2.75) is 163 Å². The number of unbranched alkanes of at least 4 members (excludes halogenated alkanes) is 15. The minimum Gasteiger partial charge on any atom is -0.205 e. The Morgan fingerprint density at radius 2 is 0.703 bits per heavy atom. The van der Waals surface area contributed by atoms with Crippen molar-refractivity contribution < 1.29 is 9.13 Å². The predicted molar refractivity (Wildman–Crippen MR) is 162 cm³/mol. The van der Waals surface area contributed by atoms with Crippen LogP contribution in [0.3, 0.4) is 0 Å². The minimum atomic E-state index is 0. The van der Waals surface area contributed by atoms with E-state index in [4.69, 9.17) is 0 Å². The van der Waals surface area contributed by atoms with Crippen molar-refractivity contribution in [2.75, 3.05) is 0 Å². The second kappa shape index (κ2) is 23.4. The number of aryl methyl sites for hydroxylation is 4. The van der Waals surface area contributed by atoms with Crippen molar-refractivity contribution in [3.8, 4) is 0 Å². The summed E-state index contributed by atoms with van der Waals surface area (Å²) in [7, 11) is 0. The molecule has 0 N–H and O–H groups in total. The highest BCUT2D eigenvalue weighted by Gasteiger charge is 2.03. The molecule has 0 saturated heterocycles. The molecule has 2 heteroatoms. The summed E-state index contributed by atoms with van der Waals surface area (Å²) in [5.41, 5.74) is 3.00. The molecule has 210 valence electrons. The number of hydrogen-bond donors (Lipinski definition) is 0. The second-order valence-electron chi connectivity index (χ2n) is 11.0. The van der Waals surface area contributed by atoms with Crippen molar-refractivity contribution in [1.82, 2.24) is 0 Å². The molecule has 0 amide bonds. The fourth-order valence-corrected chi connectivity index (χ4v) is 5.12. The van der Waals surface area contributed by atoms with Crippen LogP contribution in [0.2, 0.25) is 0 Å². The quantitative estimate of drug-likeness (QED) is 0.104. The molecule has 0 aromatic carbocycles. The summed E-state index contributed by atoms with van der Waals surface area (Å²) in [6.07, 6.45) is 36.4. The zero-order valence-corrected chi connectivity index (χ0v) is 24.1. The molecule has 2 nitrogen and oxygen atoms in total. The monoisotopic (exact) mass is 510 g/mol. The lowest BCUT2D eigenvalue weighted by atomic mass is 10.0. The number of nitrogens with zero attached hydrogens (tertiary/aromatic N) is 2. The molecule has 0 saturated carbocycles. The first-order chi connectivity index (χ1) is 17.8. The van der Waals surface area contributed by atoms with Gasteiger partial charge in [-0.2, -0.15) is 0 Å². The topological polar surface area (TPSA) is 7.76 Å². The molecule has 2 rings (SSSR count). The van der Waals surface area contributed by atoms with Gasteiger partial charge in [0.1, 0.15) is 13.1 Å². The van der Waals surface area contributed by atoms with Crippen LogP contribution in [-0.4, -0.2) is 0 Å². The Bertz CT molecular complexity index is 669. The molecule has 0 aliphatic heterocycles. The van der Waals surface area contributed by atoms with Gasteiger partial charge in [0.25, 0.3) is 0 Å². The Balaban J connectivity index is 0.00000684. The van der Waals surface area contributed by atoms with Crippen molar-refractivity contribution in [3.63, 3.8) is 0 Å². The zero-order chi connectivity index (χ0) is 25.5. The molecule has 2 aromatic heterocycles. The van der Waals surface area contributed by atoms with E-state index in [0.29, 0.717) is 0 Å². The van der Waals surface area contributed by atoms with Gasteiger partial charge in [0.2, 0.25) is 0 Å². The fraction of sp³-hybridized carbons (Fsp3) is 0.714. The third kappa shape index (κ3) is 17.4. The molecular weight excluding hydrogens is 448 g/mol. The summed E-state index contributed by atoms with van der Waals surface area (Å²) < 4.78 is 4.74. The van der Waals surface area contributed by atoms with E-state index in [0.717, 1.165) is 0 Å². The van der Waals surface area contributed by atoms with Crippen LogP contribution in [0.15, 0.2) is 49.1 Å². The van der Waals surface area contributed by atoms with Crippen molar-refractivity contribution in [1.29, 1.82) is 0 Å². The standard InChI is InChI=1S/C34H58N2.CH4/c1-3-5-17-21-33-23-29-35(30-24-33)27-19-15-13-11-9-7-8-10-12-14-16-20-28-36-31-25-34(26-32-36)22-18-6-4-2;/h23-26,29-32H,3-22,27-28H2,1-2H3;1H4/q+2;. The molecular formula is C35H62N2+2. The molecule has 0 atom stereocenters. The maximum Gasteiger partial charge on any atom is 0.169 e. The maximum absolute atomic E-state index is 2.37. The van der Waals surface area contributed by atoms with Crippen LogP contribution >= 0.6 is 0 Å². The summed E-state index contributed by atoms with van der Waals surface area (Å²) in [6.45, 7) is 6.91. The van der Waals surface area contributed by atoms with Crippen LogP contribution in [-0.2, 0) is 25.9 Å². The number of pyridine rings is 2. The van der Waals surface area contributed by atoms with Crippen molar-refractivity contribution in [2.24, 2.45) is 0 Å². The Labute approximate surface area is 231 Å². The first-order valence-corrected chi connectivity index (χ1v) is 15.8. The number of hydrogen-bond acceptors (Lipinski definition) is 0. The van der Waals surface area contributed by atoms with E-state index in [2.05, 4.69) is 72.0 Å². The van der Waals surface area contributed by atoms with Gasteiger partial charge in [0.15, 0.2) is 24.8 Å². The number of rotatable bonds is 23. The molecule has 0 bridgehead atoms. The fourth-order valence-electron chi connectivity index (χ4n) is 5.12. The Hall–Kier alpha value is -1.70. The van der Waals surface area contributed by atoms with Gasteiger partial charge in [0, 0.05) is 37.1 Å². The summed E-state index contributed by atoms with van der Waals surface area (Å²) in [6, 6.07) is 9.29. The third-order valence-electron chi connectivity index (χ3n) is 7.64. The second-order valence-corrected chi connectivity index (χ2v) is 11.0. The average Bonchev–Trinajstić information content (AvgIpc) is 2.91. The van der Waals surface area contributed by atoms with E-state index in [-0.39, 0.29) is 7.43 Å². The SMILES string of the molecule is C.CCCCCc1cc[n+](CCCCCCCCCCCCCC[n+]2ccc(CCCCC)cc2)cc1. The largest absolute Gasteiger partial charge is 0.205 e. The lowest BCUT2D eigenvalue weighted by Gasteiger charge is -2.03. The van der Waals surface area contributed by atoms with Crippen LogP contribution < -0.4 is 9.13 Å². The smallest absolute Gasteiger partial charge is 0.169 e. The van der Waals surface area contributed by atoms with Gasteiger partial charge >= 0.3 is 0 Å². The summed E-state index contributed by atoms with van der Waals surface area (Å²) in [5, 5.41) is 0. The van der Waals surface area contributed by atoms with Crippen LogP contribution in [0.4, 0.5) is 0 Å². The van der Waals surface area contributed by atoms with E-state index >= 15 is 0 Å². The molecule has 2 heterocycles. The highest BCUT2D eigenvalue weighted by atomic mass is 14.9. The van der Waals surface area contributed by atoms with Crippen LogP contribution in [0.25, 0.3) is 0 Å². The molecule has 2 aromatic rings. The van der Waals surface area contributed by atoms with Gasteiger partial charge in [-0.15, -0.1) is 0 Å². The summed E-state index contributed by atoms with van der Waals surface area (Å²) >= 11 is 0. The molecule has 0 unspecified atom stereocenters. The average molecular weight is 511 g/mol. The van der Waals surface area contributed by atoms with E-state index in [1.807, 2.05) is 0 Å². The zero-order valence-electron chi connectivity index (χ0n) is 24.1. The molecule has 0 aliphatic carbocycles. The molecule has 0 aliphatic rings. The first-order valence-electron chi connectivity index (χ1n) is 15.8. The normalized spacial score (nSPS) is 11.0. The van der Waals surface area contributed by atoms with Gasteiger partial charge in [-0.3, -0.25) is 0 Å². The number of aromatic nitrogens is 2. The lowest BCUT2D eigenvalue weighted by molar-refractivity contribution is -0.697. The molecule has 0 fully saturated rings. The third-order valence-corrected chi connectivity index (χ3v) is 7.64. The van der Waals surface area contributed by atoms with Gasteiger partial charge in [-0.1, -0.05) is 98.3 Å². The van der Waals surface area contributed by atoms with E-state index in [1.54, 1.807) is 0 Å². The van der Waals surface area contributed by atoms with Crippen molar-refractivity contribution in [3.05, 3.63) is 60.2 Å². The first kappa shape index (κ1) is 33.3. The van der Waals surface area contributed by atoms with Gasteiger partial charge < -0.3 is 0 Å². The highest BCUT2D eigenvalue weighted by molar-refractivity contribution is 5.07. The van der Waals surface area contributed by atoms with E-state index in [9.17, 15) is 0 Å². The Morgan fingerprint density at radius 1 is 0.405 bits per heavy atom. The van der Waals surface area contributed by atoms with Crippen LogP contribution in [0.1, 0.15) is 148 Å². The predicted octanol–water partition coefficient (Wildman–Crippen LogP) is 9.74. The van der Waals surface area contributed by atoms with E-state index in [1.165, 1.54) is 153 Å². The van der Waals surface area contributed by atoms with Crippen LogP contribution in [0, 0.1) is 0 Å². The minimum absolute atomic E-state index is 0.